The van der Waals surface area contributed by atoms with Crippen LogP contribution in [0.2, 0.25) is 0 Å². The van der Waals surface area contributed by atoms with E-state index in [0.717, 1.165) is 44.3 Å². The molecule has 4 rings (SSSR count). The Kier molecular flexibility index (Phi) is 5.78. The Morgan fingerprint density at radius 2 is 1.90 bits per heavy atom. The summed E-state index contributed by atoms with van der Waals surface area (Å²) in [6.45, 7) is 4.76. The van der Waals surface area contributed by atoms with Crippen molar-refractivity contribution >= 4 is 16.9 Å². The Labute approximate surface area is 181 Å². The first-order valence-electron chi connectivity index (χ1n) is 10.2. The molecule has 5 heteroatoms. The number of aryl methyl sites for hydroxylation is 2. The maximum Gasteiger partial charge on any atom is 0.307 e. The van der Waals surface area contributed by atoms with Gasteiger partial charge in [-0.05, 0) is 65.9 Å². The van der Waals surface area contributed by atoms with Crippen LogP contribution in [-0.2, 0) is 24.4 Å². The van der Waals surface area contributed by atoms with Crippen LogP contribution >= 0.6 is 0 Å². The molecule has 0 amide bonds. The average Bonchev–Trinajstić information content (AvgIpc) is 3.14. The summed E-state index contributed by atoms with van der Waals surface area (Å²) in [4.78, 5) is 11.2. The molecule has 0 aliphatic heterocycles. The molecule has 0 fully saturated rings. The minimum absolute atomic E-state index is 0.0768. The highest BCUT2D eigenvalue weighted by molar-refractivity contribution is 5.95. The summed E-state index contributed by atoms with van der Waals surface area (Å²) >= 11 is 0. The van der Waals surface area contributed by atoms with Crippen LogP contribution in [0.15, 0.2) is 65.3 Å². The largest absolute Gasteiger partial charge is 0.489 e. The van der Waals surface area contributed by atoms with E-state index in [9.17, 15) is 9.90 Å². The van der Waals surface area contributed by atoms with E-state index in [1.165, 1.54) is 0 Å². The third-order valence-electron chi connectivity index (χ3n) is 5.36. The van der Waals surface area contributed by atoms with E-state index in [1.54, 1.807) is 6.26 Å². The van der Waals surface area contributed by atoms with Crippen LogP contribution < -0.4 is 10.5 Å². The number of aliphatic carboxylic acids is 1. The van der Waals surface area contributed by atoms with Gasteiger partial charge in [0.05, 0.1) is 12.7 Å². The van der Waals surface area contributed by atoms with Crippen LogP contribution in [-0.4, -0.2) is 11.1 Å². The number of carbonyl (C=O) groups is 1. The Morgan fingerprint density at radius 3 is 2.68 bits per heavy atom. The first-order chi connectivity index (χ1) is 14.9. The molecule has 0 saturated heterocycles. The quantitative estimate of drug-likeness (QED) is 0.423. The molecule has 31 heavy (non-hydrogen) atoms. The summed E-state index contributed by atoms with van der Waals surface area (Å²) in [5.74, 6) is -0.288. The highest BCUT2D eigenvalue weighted by Crippen LogP contribution is 2.34. The summed E-state index contributed by atoms with van der Waals surface area (Å²) in [7, 11) is 0. The summed E-state index contributed by atoms with van der Waals surface area (Å²) in [6, 6.07) is 17.8. The maximum atomic E-state index is 11.2. The average molecular weight is 415 g/mol. The zero-order valence-corrected chi connectivity index (χ0v) is 17.6. The van der Waals surface area contributed by atoms with E-state index < -0.39 is 5.97 Å². The monoisotopic (exact) mass is 415 g/mol. The van der Waals surface area contributed by atoms with Gasteiger partial charge in [-0.15, -0.1) is 0 Å². The lowest BCUT2D eigenvalue weighted by Crippen LogP contribution is -2.04. The molecule has 0 spiro atoms. The van der Waals surface area contributed by atoms with Gasteiger partial charge >= 0.3 is 5.97 Å². The van der Waals surface area contributed by atoms with E-state index in [4.69, 9.17) is 14.9 Å². The number of carboxylic acids is 1. The molecule has 0 radical (unpaired) electrons. The molecule has 0 aliphatic carbocycles. The number of hydrogen-bond donors (Lipinski definition) is 2. The first kappa shape index (κ1) is 20.7. The fraction of sp³-hybridized carbons (Fsp3) is 0.192. The molecular weight excluding hydrogens is 390 g/mol. The third kappa shape index (κ3) is 4.47. The van der Waals surface area contributed by atoms with Gasteiger partial charge in [0.25, 0.3) is 0 Å². The second-order valence-electron chi connectivity index (χ2n) is 7.81. The number of fused-ring (bicyclic) bond motifs is 1. The number of furan rings is 1. The summed E-state index contributed by atoms with van der Waals surface area (Å²) in [6.07, 6.45) is 1.68. The Hall–Kier alpha value is -3.57. The summed E-state index contributed by atoms with van der Waals surface area (Å²) < 4.78 is 12.0. The minimum Gasteiger partial charge on any atom is -0.489 e. The van der Waals surface area contributed by atoms with Crippen molar-refractivity contribution in [2.75, 3.05) is 0 Å². The van der Waals surface area contributed by atoms with Crippen LogP contribution in [0.1, 0.15) is 27.8 Å². The van der Waals surface area contributed by atoms with Gasteiger partial charge in [0.2, 0.25) is 0 Å². The molecule has 158 valence electrons. The van der Waals surface area contributed by atoms with Gasteiger partial charge in [-0.3, -0.25) is 4.79 Å². The van der Waals surface area contributed by atoms with Crippen molar-refractivity contribution in [3.63, 3.8) is 0 Å². The lowest BCUT2D eigenvalue weighted by Gasteiger charge is -2.13. The molecule has 0 atom stereocenters. The molecule has 3 aromatic carbocycles. The van der Waals surface area contributed by atoms with Gasteiger partial charge < -0.3 is 20.0 Å². The third-order valence-corrected chi connectivity index (χ3v) is 5.36. The summed E-state index contributed by atoms with van der Waals surface area (Å²) in [5.41, 5.74) is 13.4. The van der Waals surface area contributed by atoms with E-state index in [-0.39, 0.29) is 6.42 Å². The molecule has 0 aliphatic rings. The van der Waals surface area contributed by atoms with E-state index in [0.29, 0.717) is 24.5 Å². The normalized spacial score (nSPS) is 11.1. The van der Waals surface area contributed by atoms with Gasteiger partial charge in [0, 0.05) is 23.1 Å². The number of nitrogens with two attached hydrogens (primary N) is 1. The molecule has 1 aromatic heterocycles. The number of carboxylic acid groups (broad SMARTS) is 1. The molecule has 0 unspecified atom stereocenters. The van der Waals surface area contributed by atoms with Crippen molar-refractivity contribution in [3.8, 4) is 16.9 Å². The topological polar surface area (TPSA) is 85.7 Å². The predicted molar refractivity (Wildman–Crippen MR) is 121 cm³/mol. The van der Waals surface area contributed by atoms with Crippen LogP contribution in [0.3, 0.4) is 0 Å². The van der Waals surface area contributed by atoms with Gasteiger partial charge in [-0.2, -0.15) is 0 Å². The second-order valence-corrected chi connectivity index (χ2v) is 7.81. The van der Waals surface area contributed by atoms with Crippen LogP contribution in [0.5, 0.6) is 5.75 Å². The minimum atomic E-state index is -0.883. The number of benzene rings is 3. The van der Waals surface area contributed by atoms with Crippen LogP contribution in [0.25, 0.3) is 22.1 Å². The van der Waals surface area contributed by atoms with E-state index >= 15 is 0 Å². The Morgan fingerprint density at radius 1 is 1.06 bits per heavy atom. The highest BCUT2D eigenvalue weighted by atomic mass is 16.5. The lowest BCUT2D eigenvalue weighted by atomic mass is 9.98. The maximum absolute atomic E-state index is 11.2. The number of hydrogen-bond acceptors (Lipinski definition) is 4. The fourth-order valence-corrected chi connectivity index (χ4v) is 3.75. The van der Waals surface area contributed by atoms with Crippen molar-refractivity contribution in [2.24, 2.45) is 5.73 Å². The smallest absolute Gasteiger partial charge is 0.307 e. The van der Waals surface area contributed by atoms with Crippen molar-refractivity contribution < 1.29 is 19.1 Å². The first-order valence-corrected chi connectivity index (χ1v) is 10.2. The van der Waals surface area contributed by atoms with Gasteiger partial charge in [-0.1, -0.05) is 30.3 Å². The Bertz CT molecular complexity index is 1260. The second kappa shape index (κ2) is 8.66. The zero-order chi connectivity index (χ0) is 22.0. The van der Waals surface area contributed by atoms with E-state index in [2.05, 4.69) is 18.2 Å². The van der Waals surface area contributed by atoms with Crippen molar-refractivity contribution in [1.29, 1.82) is 0 Å². The van der Waals surface area contributed by atoms with Crippen molar-refractivity contribution in [1.82, 2.24) is 0 Å². The highest BCUT2D eigenvalue weighted by Gasteiger charge is 2.14. The SMILES string of the molecule is Cc1ccc(CC(=O)O)c(OCc2cc(-c3cccc(CN)c3)c3occ(C)c3c2)c1. The van der Waals surface area contributed by atoms with Crippen LogP contribution in [0.4, 0.5) is 0 Å². The predicted octanol–water partition coefficient (Wildman–Crippen LogP) is 5.38. The molecule has 1 heterocycles. The molecule has 0 saturated carbocycles. The standard InChI is InChI=1S/C26H25NO4/c1-16-6-7-21(12-25(28)29)24(8-16)30-15-19-10-22-17(2)14-31-26(22)23(11-19)20-5-3-4-18(9-20)13-27/h3-11,14H,12-13,15,27H2,1-2H3,(H,28,29). The fourth-order valence-electron chi connectivity index (χ4n) is 3.75. The lowest BCUT2D eigenvalue weighted by molar-refractivity contribution is -0.136. The zero-order valence-electron chi connectivity index (χ0n) is 17.6. The van der Waals surface area contributed by atoms with Crippen molar-refractivity contribution in [3.05, 3.63) is 88.7 Å². The number of ether oxygens (including phenoxy) is 1. The Balaban J connectivity index is 1.72. The molecule has 5 nitrogen and oxygen atoms in total. The van der Waals surface area contributed by atoms with E-state index in [1.807, 2.05) is 50.2 Å². The molecule has 4 aromatic rings. The van der Waals surface area contributed by atoms with Gasteiger partial charge in [-0.25, -0.2) is 0 Å². The van der Waals surface area contributed by atoms with Crippen LogP contribution in [0, 0.1) is 13.8 Å². The molecular formula is C26H25NO4. The molecule has 3 N–H and O–H groups in total. The number of rotatable bonds is 7. The molecule has 0 bridgehead atoms. The van der Waals surface area contributed by atoms with Gasteiger partial charge in [0.15, 0.2) is 0 Å². The summed E-state index contributed by atoms with van der Waals surface area (Å²) in [5, 5.41) is 10.2. The van der Waals surface area contributed by atoms with Crippen molar-refractivity contribution in [2.45, 2.75) is 33.4 Å². The van der Waals surface area contributed by atoms with Gasteiger partial charge in [0.1, 0.15) is 17.9 Å².